The van der Waals surface area contributed by atoms with Crippen LogP contribution in [0, 0.1) is 0 Å². The molecule has 6 aromatic carbocycles. The molecule has 0 saturated carbocycles. The van der Waals surface area contributed by atoms with Crippen molar-refractivity contribution in [3.05, 3.63) is 172 Å². The minimum Gasteiger partial charge on any atom is -0.507 e. The number of carbonyl (C=O) groups excluding carboxylic acids is 1. The molecule has 11 rings (SSSR count). The van der Waals surface area contributed by atoms with Crippen molar-refractivity contribution in [2.45, 2.75) is 58.0 Å². The summed E-state index contributed by atoms with van der Waals surface area (Å²) in [6, 6.07) is 39.6. The lowest BCUT2D eigenvalue weighted by atomic mass is 9.98. The topological polar surface area (TPSA) is 178 Å². The second-order valence-electron chi connectivity index (χ2n) is 21.6. The van der Waals surface area contributed by atoms with E-state index in [4.69, 9.17) is 36.4 Å². The van der Waals surface area contributed by atoms with Crippen molar-refractivity contribution in [1.29, 1.82) is 0 Å². The molecule has 87 heavy (non-hydrogen) atoms. The number of anilines is 1. The SMILES string of the molecule is COC(=O)c1c(CCCSCc2cc(CSc3cc(O)c4ccccc4c3)n(C)n2)c2ccc(Cl)c(-c3c(CSCc4cc(CSc5cc(O)c6ccccc6c5)n(C)n4)nn(C)c3COc3ccc(N4CCN(S(=O)(=O)N(C)C)CC4)cc3)c2n1C. The summed E-state index contributed by atoms with van der Waals surface area (Å²) in [5.74, 6) is 4.81. The lowest BCUT2D eigenvalue weighted by molar-refractivity contribution is 0.0589. The first-order valence-corrected chi connectivity index (χ1v) is 34.5. The fourth-order valence-corrected chi connectivity index (χ4v) is 16.3. The number of ether oxygens (including phenoxy) is 2. The normalized spacial score (nSPS) is 13.3. The molecule has 0 aliphatic carbocycles. The van der Waals surface area contributed by atoms with Gasteiger partial charge in [-0.3, -0.25) is 14.0 Å². The molecule has 0 bridgehead atoms. The first-order chi connectivity index (χ1) is 41.9. The van der Waals surface area contributed by atoms with Gasteiger partial charge >= 0.3 is 5.97 Å². The van der Waals surface area contributed by atoms with Gasteiger partial charge in [0.15, 0.2) is 0 Å². The van der Waals surface area contributed by atoms with Crippen LogP contribution < -0.4 is 9.64 Å². The Labute approximate surface area is 529 Å². The number of phenolic OH excluding ortho intramolecular Hbond substituents is 2. The maximum absolute atomic E-state index is 14.0. The average molecular weight is 1290 g/mol. The second kappa shape index (κ2) is 26.9. The molecular formula is C64H69ClN10O7S5. The molecule has 0 unspecified atom stereocenters. The summed E-state index contributed by atoms with van der Waals surface area (Å²) < 4.78 is 48.1. The summed E-state index contributed by atoms with van der Waals surface area (Å²) in [5.41, 5.74) is 10.3. The molecule has 1 aliphatic rings. The number of carbonyl (C=O) groups is 1. The van der Waals surface area contributed by atoms with Gasteiger partial charge in [-0.05, 0) is 102 Å². The number of methoxy groups -OCH3 is 1. The molecule has 2 N–H and O–H groups in total. The summed E-state index contributed by atoms with van der Waals surface area (Å²) in [6.45, 7) is 2.05. The van der Waals surface area contributed by atoms with Gasteiger partial charge in [-0.25, -0.2) is 4.79 Å². The number of halogens is 1. The lowest BCUT2D eigenvalue weighted by Gasteiger charge is -2.36. The number of benzene rings is 6. The highest BCUT2D eigenvalue weighted by Crippen LogP contribution is 2.44. The highest BCUT2D eigenvalue weighted by molar-refractivity contribution is 7.99. The van der Waals surface area contributed by atoms with Crippen molar-refractivity contribution in [1.82, 2.24) is 42.5 Å². The molecule has 0 atom stereocenters. The van der Waals surface area contributed by atoms with Crippen molar-refractivity contribution in [2.24, 2.45) is 28.2 Å². The number of aryl methyl sites for hydroxylation is 5. The monoisotopic (exact) mass is 1280 g/mol. The fourth-order valence-electron chi connectivity index (χ4n) is 11.3. The van der Waals surface area contributed by atoms with E-state index in [9.17, 15) is 23.4 Å². The number of rotatable bonds is 24. The van der Waals surface area contributed by atoms with E-state index in [-0.39, 0.29) is 18.1 Å². The Hall–Kier alpha value is -6.76. The maximum Gasteiger partial charge on any atom is 0.354 e. The van der Waals surface area contributed by atoms with Crippen molar-refractivity contribution in [2.75, 3.05) is 58.0 Å². The number of hydrogen-bond acceptors (Lipinski definition) is 15. The highest BCUT2D eigenvalue weighted by atomic mass is 35.5. The van der Waals surface area contributed by atoms with Crippen molar-refractivity contribution in [3.63, 3.8) is 0 Å². The molecule has 10 aromatic rings. The van der Waals surface area contributed by atoms with E-state index in [0.717, 1.165) is 117 Å². The number of thioether (sulfide) groups is 4. The summed E-state index contributed by atoms with van der Waals surface area (Å²) in [6.07, 6.45) is 1.40. The number of aromatic hydroxyl groups is 2. The molecule has 1 saturated heterocycles. The van der Waals surface area contributed by atoms with Crippen LogP contribution in [0.4, 0.5) is 5.69 Å². The third-order valence-corrected chi connectivity index (χ3v) is 22.1. The van der Waals surface area contributed by atoms with Gasteiger partial charge in [-0.2, -0.15) is 44.1 Å². The molecule has 5 heterocycles. The van der Waals surface area contributed by atoms with Crippen molar-refractivity contribution < 1.29 is 32.9 Å². The maximum atomic E-state index is 14.0. The molecule has 1 fully saturated rings. The van der Waals surface area contributed by atoms with E-state index in [1.807, 2.05) is 144 Å². The largest absolute Gasteiger partial charge is 0.507 e. The minimum absolute atomic E-state index is 0.150. The molecule has 0 radical (unpaired) electrons. The number of hydrogen-bond donors (Lipinski definition) is 2. The predicted octanol–water partition coefficient (Wildman–Crippen LogP) is 12.6. The average Bonchev–Trinajstić information content (AvgIpc) is 1.64. The van der Waals surface area contributed by atoms with E-state index in [1.54, 1.807) is 61.1 Å². The summed E-state index contributed by atoms with van der Waals surface area (Å²) in [7, 11) is 8.77. The highest BCUT2D eigenvalue weighted by Gasteiger charge is 2.31. The number of fused-ring (bicyclic) bond motifs is 3. The number of nitrogens with zero attached hydrogens (tertiary/aromatic N) is 10. The molecule has 23 heteroatoms. The lowest BCUT2D eigenvalue weighted by Crippen LogP contribution is -2.51. The van der Waals surface area contributed by atoms with Gasteiger partial charge in [0, 0.05) is 151 Å². The third kappa shape index (κ3) is 13.5. The molecule has 454 valence electrons. The summed E-state index contributed by atoms with van der Waals surface area (Å²) >= 11 is 14.3. The quantitative estimate of drug-likeness (QED) is 0.0331. The van der Waals surface area contributed by atoms with Crippen LogP contribution >= 0.6 is 58.6 Å². The molecule has 1 aliphatic heterocycles. The molecular weight excluding hydrogens is 1220 g/mol. The summed E-state index contributed by atoms with van der Waals surface area (Å²) in [5, 5.41) is 41.4. The van der Waals surface area contributed by atoms with Crippen LogP contribution in [0.25, 0.3) is 43.6 Å². The predicted molar refractivity (Wildman–Crippen MR) is 355 cm³/mol. The van der Waals surface area contributed by atoms with Crippen LogP contribution in [-0.4, -0.2) is 120 Å². The molecule has 0 amide bonds. The first-order valence-electron chi connectivity index (χ1n) is 28.4. The molecule has 17 nitrogen and oxygen atoms in total. The zero-order valence-corrected chi connectivity index (χ0v) is 54.4. The third-order valence-electron chi connectivity index (χ3n) is 15.8. The van der Waals surface area contributed by atoms with E-state index >= 15 is 0 Å². The Balaban J connectivity index is 0.823. The Kier molecular flexibility index (Phi) is 19.1. The van der Waals surface area contributed by atoms with Gasteiger partial charge in [0.2, 0.25) is 0 Å². The van der Waals surface area contributed by atoms with Gasteiger partial charge in [-0.15, -0.1) is 35.3 Å². The standard InChI is InChI=1S/C64H69ClN10O7S5/c1-69(2)87(79,80)75-26-24-74(25-27-75)45-18-20-48(21-19-45)82-35-57-61(56(68-73(57)6)40-84-37-44-32-47(72(5)67-44)39-86-50-30-42-14-9-11-16-52(42)59(77)34-50)60-55(65)23-22-54-53(63(64(78)81-7)70(3)62(54)60)17-12-28-83-36-43-31-46(71(4)66-43)38-85-49-29-41-13-8-10-15-51(41)58(76)33-49/h8-11,13-16,18-23,29-34,76-77H,12,17,24-28,35-40H2,1-7H3. The van der Waals surface area contributed by atoms with E-state index < -0.39 is 16.2 Å². The van der Waals surface area contributed by atoms with Gasteiger partial charge < -0.3 is 29.2 Å². The first kappa shape index (κ1) is 61.9. The van der Waals surface area contributed by atoms with E-state index in [0.29, 0.717) is 72.1 Å². The Bertz CT molecular complexity index is 4270. The van der Waals surface area contributed by atoms with Crippen LogP contribution in [0.5, 0.6) is 17.2 Å². The number of esters is 1. The zero-order chi connectivity index (χ0) is 61.1. The number of aromatic nitrogens is 7. The van der Waals surface area contributed by atoms with Crippen LogP contribution in [0.1, 0.15) is 56.6 Å². The summed E-state index contributed by atoms with van der Waals surface area (Å²) in [4.78, 5) is 18.1. The van der Waals surface area contributed by atoms with Crippen LogP contribution in [0.15, 0.2) is 131 Å². The van der Waals surface area contributed by atoms with E-state index in [2.05, 4.69) is 29.2 Å². The molecule has 0 spiro atoms. The number of phenols is 2. The van der Waals surface area contributed by atoms with Crippen molar-refractivity contribution >= 4 is 113 Å². The van der Waals surface area contributed by atoms with Gasteiger partial charge in [0.05, 0.1) is 40.4 Å². The van der Waals surface area contributed by atoms with Gasteiger partial charge in [-0.1, -0.05) is 66.2 Å². The van der Waals surface area contributed by atoms with Gasteiger partial charge in [0.1, 0.15) is 29.5 Å². The fraction of sp³-hybridized carbons (Fsp3) is 0.312. The molecule has 4 aromatic heterocycles. The van der Waals surface area contributed by atoms with Crippen LogP contribution in [-0.2, 0) is 84.9 Å². The van der Waals surface area contributed by atoms with Crippen molar-refractivity contribution in [3.8, 4) is 28.4 Å². The second-order valence-corrected chi connectivity index (χ2v) is 28.3. The van der Waals surface area contributed by atoms with E-state index in [1.165, 1.54) is 15.7 Å². The van der Waals surface area contributed by atoms with Crippen LogP contribution in [0.3, 0.4) is 0 Å². The van der Waals surface area contributed by atoms with Gasteiger partial charge in [0.25, 0.3) is 10.2 Å². The number of piperazine rings is 1. The minimum atomic E-state index is -3.49. The Morgan fingerprint density at radius 1 is 0.667 bits per heavy atom. The van der Waals surface area contributed by atoms with Crippen LogP contribution in [0.2, 0.25) is 5.02 Å². The smallest absolute Gasteiger partial charge is 0.354 e. The zero-order valence-electron chi connectivity index (χ0n) is 49.6. The Morgan fingerprint density at radius 3 is 1.84 bits per heavy atom. The Morgan fingerprint density at radius 2 is 1.25 bits per heavy atom.